The lowest BCUT2D eigenvalue weighted by Crippen LogP contribution is -3.13. The number of aryl methyl sites for hydroxylation is 2. The molecule has 2 aromatic carbocycles. The molecule has 2 aliphatic rings. The summed E-state index contributed by atoms with van der Waals surface area (Å²) in [5, 5.41) is 3.42. The smallest absolute Gasteiger partial charge is 0.245 e. The van der Waals surface area contributed by atoms with Gasteiger partial charge < -0.3 is 15.1 Å². The molecule has 2 N–H and O–H groups in total. The fraction of sp³-hybridized carbons (Fsp3) is 0.435. The summed E-state index contributed by atoms with van der Waals surface area (Å²) in [7, 11) is 0. The fourth-order valence-corrected chi connectivity index (χ4v) is 4.35. The number of hydrogen-bond donors (Lipinski definition) is 2. The topological polar surface area (TPSA) is 36.8 Å². The monoisotopic (exact) mass is 364 g/mol. The summed E-state index contributed by atoms with van der Waals surface area (Å²) in [6.45, 7) is 6.76. The van der Waals surface area contributed by atoms with Crippen molar-refractivity contribution in [2.24, 2.45) is 0 Å². The summed E-state index contributed by atoms with van der Waals surface area (Å²) in [6, 6.07) is 17.0. The Morgan fingerprint density at radius 2 is 1.81 bits per heavy atom. The van der Waals surface area contributed by atoms with Crippen molar-refractivity contribution in [2.45, 2.75) is 38.8 Å². The van der Waals surface area contributed by atoms with E-state index in [4.69, 9.17) is 0 Å². The minimum atomic E-state index is -0.180. The maximum atomic E-state index is 12.9. The Balaban J connectivity index is 1.28. The van der Waals surface area contributed by atoms with Crippen LogP contribution in [0.3, 0.4) is 0 Å². The van der Waals surface area contributed by atoms with Gasteiger partial charge in [0.25, 0.3) is 0 Å². The summed E-state index contributed by atoms with van der Waals surface area (Å²) in [4.78, 5) is 16.4. The maximum absolute atomic E-state index is 12.9. The van der Waals surface area contributed by atoms with Crippen LogP contribution in [0.1, 0.15) is 30.0 Å². The second kappa shape index (κ2) is 8.13. The summed E-state index contributed by atoms with van der Waals surface area (Å²) >= 11 is 0. The van der Waals surface area contributed by atoms with Crippen LogP contribution < -0.4 is 10.2 Å². The third-order valence-electron chi connectivity index (χ3n) is 5.93. The van der Waals surface area contributed by atoms with E-state index in [9.17, 15) is 4.79 Å². The van der Waals surface area contributed by atoms with Gasteiger partial charge in [0.05, 0.1) is 26.2 Å². The second-order valence-electron chi connectivity index (χ2n) is 7.94. The summed E-state index contributed by atoms with van der Waals surface area (Å²) in [5.41, 5.74) is 5.36. The standard InChI is InChI=1S/C23H29N3O/c1-18(24-22-11-10-20-8-5-9-21(20)16-22)23(27)26-14-12-25(13-15-26)17-19-6-3-2-4-7-19/h2-4,6-7,10-11,16,18,24H,5,8-9,12-15,17H2,1H3/p+1/t18-/m0/s1. The molecule has 2 aromatic rings. The highest BCUT2D eigenvalue weighted by Crippen LogP contribution is 2.25. The fourth-order valence-electron chi connectivity index (χ4n) is 4.35. The van der Waals surface area contributed by atoms with Crippen molar-refractivity contribution in [2.75, 3.05) is 31.5 Å². The molecule has 1 heterocycles. The van der Waals surface area contributed by atoms with Gasteiger partial charge in [-0.05, 0) is 49.4 Å². The van der Waals surface area contributed by atoms with E-state index in [1.165, 1.54) is 36.0 Å². The van der Waals surface area contributed by atoms with Gasteiger partial charge in [0.2, 0.25) is 5.91 Å². The van der Waals surface area contributed by atoms with E-state index in [1.807, 2.05) is 11.8 Å². The third kappa shape index (κ3) is 4.33. The molecule has 1 atom stereocenters. The average Bonchev–Trinajstić information content (AvgIpc) is 3.16. The second-order valence-corrected chi connectivity index (χ2v) is 7.94. The first kappa shape index (κ1) is 18.1. The summed E-state index contributed by atoms with van der Waals surface area (Å²) in [6.07, 6.45) is 3.61. The molecule has 0 bridgehead atoms. The van der Waals surface area contributed by atoms with Crippen molar-refractivity contribution in [3.05, 3.63) is 65.2 Å². The molecular formula is C23H30N3O+. The lowest BCUT2D eigenvalue weighted by molar-refractivity contribution is -0.917. The zero-order valence-corrected chi connectivity index (χ0v) is 16.2. The van der Waals surface area contributed by atoms with Crippen LogP contribution in [0.25, 0.3) is 0 Å². The number of nitrogens with zero attached hydrogens (tertiary/aromatic N) is 1. The van der Waals surface area contributed by atoms with Gasteiger partial charge in [0, 0.05) is 11.3 Å². The number of anilines is 1. The predicted molar refractivity (Wildman–Crippen MR) is 109 cm³/mol. The Morgan fingerprint density at radius 3 is 2.59 bits per heavy atom. The van der Waals surface area contributed by atoms with Crippen molar-refractivity contribution in [3.8, 4) is 0 Å². The third-order valence-corrected chi connectivity index (χ3v) is 5.93. The van der Waals surface area contributed by atoms with Crippen LogP contribution in [-0.2, 0) is 24.2 Å². The molecule has 0 spiro atoms. The van der Waals surface area contributed by atoms with Crippen molar-refractivity contribution in [1.29, 1.82) is 0 Å². The van der Waals surface area contributed by atoms with Crippen LogP contribution in [-0.4, -0.2) is 43.0 Å². The summed E-state index contributed by atoms with van der Waals surface area (Å²) in [5.74, 6) is 0.217. The Morgan fingerprint density at radius 1 is 1.07 bits per heavy atom. The number of hydrogen-bond acceptors (Lipinski definition) is 2. The maximum Gasteiger partial charge on any atom is 0.245 e. The molecule has 1 aliphatic heterocycles. The van der Waals surface area contributed by atoms with E-state index in [2.05, 4.69) is 53.8 Å². The molecule has 4 nitrogen and oxygen atoms in total. The first-order valence-electron chi connectivity index (χ1n) is 10.2. The van der Waals surface area contributed by atoms with Crippen molar-refractivity contribution in [1.82, 2.24) is 4.90 Å². The van der Waals surface area contributed by atoms with E-state index in [0.717, 1.165) is 38.4 Å². The number of benzene rings is 2. The van der Waals surface area contributed by atoms with E-state index in [0.29, 0.717) is 0 Å². The minimum Gasteiger partial charge on any atom is -0.374 e. The summed E-state index contributed by atoms with van der Waals surface area (Å²) < 4.78 is 0. The van der Waals surface area contributed by atoms with E-state index >= 15 is 0 Å². The SMILES string of the molecule is C[C@H](Nc1ccc2c(c1)CCC2)C(=O)N1CC[NH+](Cc2ccccc2)CC1. The number of carbonyl (C=O) groups excluding carboxylic acids is 1. The molecular weight excluding hydrogens is 334 g/mol. The Kier molecular flexibility index (Phi) is 5.44. The lowest BCUT2D eigenvalue weighted by Gasteiger charge is -2.34. The molecule has 0 unspecified atom stereocenters. The van der Waals surface area contributed by atoms with Crippen molar-refractivity contribution >= 4 is 11.6 Å². The molecule has 1 aliphatic carbocycles. The van der Waals surface area contributed by atoms with E-state index in [-0.39, 0.29) is 11.9 Å². The van der Waals surface area contributed by atoms with Crippen LogP contribution in [0.5, 0.6) is 0 Å². The van der Waals surface area contributed by atoms with Crippen LogP contribution in [0, 0.1) is 0 Å². The van der Waals surface area contributed by atoms with Gasteiger partial charge in [-0.2, -0.15) is 0 Å². The van der Waals surface area contributed by atoms with Crippen LogP contribution in [0.15, 0.2) is 48.5 Å². The van der Waals surface area contributed by atoms with Gasteiger partial charge in [0.1, 0.15) is 12.6 Å². The highest BCUT2D eigenvalue weighted by atomic mass is 16.2. The van der Waals surface area contributed by atoms with Gasteiger partial charge in [-0.1, -0.05) is 36.4 Å². The van der Waals surface area contributed by atoms with Gasteiger partial charge in [-0.15, -0.1) is 0 Å². The van der Waals surface area contributed by atoms with Crippen LogP contribution in [0.4, 0.5) is 5.69 Å². The normalized spacial score (nSPS) is 18.2. The average molecular weight is 365 g/mol. The molecule has 142 valence electrons. The minimum absolute atomic E-state index is 0.180. The van der Waals surface area contributed by atoms with Gasteiger partial charge in [-0.25, -0.2) is 0 Å². The molecule has 1 amide bonds. The molecule has 4 heteroatoms. The molecule has 1 fully saturated rings. The zero-order valence-electron chi connectivity index (χ0n) is 16.2. The van der Waals surface area contributed by atoms with Crippen molar-refractivity contribution in [3.63, 3.8) is 0 Å². The highest BCUT2D eigenvalue weighted by Gasteiger charge is 2.27. The number of rotatable bonds is 5. The molecule has 0 saturated carbocycles. The Labute approximate surface area is 162 Å². The first-order valence-corrected chi connectivity index (χ1v) is 10.2. The number of nitrogens with one attached hydrogen (secondary N) is 2. The van der Waals surface area contributed by atoms with Crippen LogP contribution >= 0.6 is 0 Å². The lowest BCUT2D eigenvalue weighted by atomic mass is 10.1. The van der Waals surface area contributed by atoms with Crippen LogP contribution in [0.2, 0.25) is 0 Å². The first-order chi connectivity index (χ1) is 13.2. The zero-order chi connectivity index (χ0) is 18.6. The number of amides is 1. The number of carbonyl (C=O) groups is 1. The molecule has 4 rings (SSSR count). The molecule has 0 aromatic heterocycles. The van der Waals surface area contributed by atoms with Crippen molar-refractivity contribution < 1.29 is 9.69 Å². The predicted octanol–water partition coefficient (Wildman–Crippen LogP) is 1.90. The van der Waals surface area contributed by atoms with Gasteiger partial charge >= 0.3 is 0 Å². The highest BCUT2D eigenvalue weighted by molar-refractivity contribution is 5.84. The largest absolute Gasteiger partial charge is 0.374 e. The Hall–Kier alpha value is -2.33. The number of fused-ring (bicyclic) bond motifs is 1. The van der Waals surface area contributed by atoms with E-state index < -0.39 is 0 Å². The molecule has 27 heavy (non-hydrogen) atoms. The molecule has 1 saturated heterocycles. The van der Waals surface area contributed by atoms with Gasteiger partial charge in [-0.3, -0.25) is 4.79 Å². The van der Waals surface area contributed by atoms with Gasteiger partial charge in [0.15, 0.2) is 0 Å². The Bertz CT molecular complexity index is 781. The van der Waals surface area contributed by atoms with E-state index in [1.54, 1.807) is 4.90 Å². The number of quaternary nitrogens is 1. The quantitative estimate of drug-likeness (QED) is 0.850. The molecule has 0 radical (unpaired) electrons. The number of piperazine rings is 1.